The van der Waals surface area contributed by atoms with Gasteiger partial charge in [-0.15, -0.1) is 0 Å². The maximum Gasteiger partial charge on any atom is 0.264 e. The lowest BCUT2D eigenvalue weighted by atomic mass is 10.2. The summed E-state index contributed by atoms with van der Waals surface area (Å²) in [6, 6.07) is 17.0. The molecular formula is C25H26FN3O5S2. The molecule has 1 aliphatic rings. The lowest BCUT2D eigenvalue weighted by Gasteiger charge is -2.24. The first-order valence-corrected chi connectivity index (χ1v) is 14.2. The number of nitrogens with zero attached hydrogens (tertiary/aromatic N) is 2. The van der Waals surface area contributed by atoms with E-state index in [9.17, 15) is 26.0 Å². The van der Waals surface area contributed by atoms with Crippen LogP contribution in [0.5, 0.6) is 0 Å². The molecule has 0 aliphatic carbocycles. The highest BCUT2D eigenvalue weighted by molar-refractivity contribution is 7.92. The van der Waals surface area contributed by atoms with Gasteiger partial charge < -0.3 is 5.32 Å². The van der Waals surface area contributed by atoms with Gasteiger partial charge in [0, 0.05) is 18.8 Å². The summed E-state index contributed by atoms with van der Waals surface area (Å²) in [7, 11) is -7.87. The molecule has 1 saturated heterocycles. The van der Waals surface area contributed by atoms with Gasteiger partial charge in [-0.3, -0.25) is 9.10 Å². The highest BCUT2D eigenvalue weighted by Crippen LogP contribution is 2.27. The van der Waals surface area contributed by atoms with Gasteiger partial charge in [0.05, 0.1) is 15.5 Å². The average Bonchev–Trinajstić information content (AvgIpc) is 3.40. The van der Waals surface area contributed by atoms with Crippen molar-refractivity contribution in [3.8, 4) is 0 Å². The molecule has 3 aromatic carbocycles. The Morgan fingerprint density at radius 1 is 0.889 bits per heavy atom. The third kappa shape index (κ3) is 5.43. The third-order valence-corrected chi connectivity index (χ3v) is 9.55. The van der Waals surface area contributed by atoms with Crippen molar-refractivity contribution >= 4 is 37.3 Å². The lowest BCUT2D eigenvalue weighted by molar-refractivity contribution is -0.114. The van der Waals surface area contributed by atoms with Crippen molar-refractivity contribution < 1.29 is 26.0 Å². The number of sulfonamides is 2. The van der Waals surface area contributed by atoms with Crippen molar-refractivity contribution in [2.45, 2.75) is 29.6 Å². The minimum absolute atomic E-state index is 0.0828. The maximum absolute atomic E-state index is 14.6. The third-order valence-electron chi connectivity index (χ3n) is 5.86. The number of benzene rings is 3. The van der Waals surface area contributed by atoms with E-state index in [1.807, 2.05) is 0 Å². The number of para-hydroxylation sites is 1. The second-order valence-electron chi connectivity index (χ2n) is 8.46. The van der Waals surface area contributed by atoms with E-state index in [2.05, 4.69) is 5.32 Å². The van der Waals surface area contributed by atoms with Gasteiger partial charge in [-0.1, -0.05) is 29.8 Å². The van der Waals surface area contributed by atoms with Gasteiger partial charge in [-0.2, -0.15) is 4.31 Å². The molecule has 1 aliphatic heterocycles. The molecule has 8 nitrogen and oxygen atoms in total. The monoisotopic (exact) mass is 531 g/mol. The first-order chi connectivity index (χ1) is 17.1. The molecule has 0 saturated carbocycles. The highest BCUT2D eigenvalue weighted by Gasteiger charge is 2.30. The predicted octanol–water partition coefficient (Wildman–Crippen LogP) is 3.75. The number of anilines is 2. The molecule has 1 heterocycles. The second-order valence-corrected chi connectivity index (χ2v) is 12.3. The average molecular weight is 532 g/mol. The Bertz CT molecular complexity index is 1450. The van der Waals surface area contributed by atoms with Crippen LogP contribution in [0.1, 0.15) is 18.4 Å². The van der Waals surface area contributed by atoms with E-state index in [1.165, 1.54) is 58.9 Å². The number of carbonyl (C=O) groups excluding carboxylic acids is 1. The summed E-state index contributed by atoms with van der Waals surface area (Å²) < 4.78 is 68.9. The molecule has 4 rings (SSSR count). The highest BCUT2D eigenvalue weighted by atomic mass is 32.2. The van der Waals surface area contributed by atoms with E-state index in [0.29, 0.717) is 17.4 Å². The van der Waals surface area contributed by atoms with Crippen LogP contribution in [0.2, 0.25) is 0 Å². The van der Waals surface area contributed by atoms with E-state index in [-0.39, 0.29) is 21.2 Å². The van der Waals surface area contributed by atoms with E-state index < -0.39 is 38.3 Å². The number of aryl methyl sites for hydroxylation is 1. The number of carbonyl (C=O) groups is 1. The van der Waals surface area contributed by atoms with Gasteiger partial charge >= 0.3 is 0 Å². The fourth-order valence-corrected chi connectivity index (χ4v) is 6.86. The van der Waals surface area contributed by atoms with Crippen LogP contribution in [0, 0.1) is 12.7 Å². The van der Waals surface area contributed by atoms with Crippen LogP contribution in [-0.2, 0) is 24.8 Å². The van der Waals surface area contributed by atoms with Gasteiger partial charge in [0.2, 0.25) is 15.9 Å². The van der Waals surface area contributed by atoms with Gasteiger partial charge in [0.1, 0.15) is 12.4 Å². The zero-order chi connectivity index (χ0) is 25.9. The second kappa shape index (κ2) is 10.4. The summed E-state index contributed by atoms with van der Waals surface area (Å²) in [5, 5.41) is 2.57. The van der Waals surface area contributed by atoms with E-state index >= 15 is 0 Å². The summed E-state index contributed by atoms with van der Waals surface area (Å²) in [6.45, 7) is 2.06. The molecule has 0 bridgehead atoms. The summed E-state index contributed by atoms with van der Waals surface area (Å²) in [5.74, 6) is -1.51. The van der Waals surface area contributed by atoms with E-state index in [0.717, 1.165) is 24.5 Å². The molecule has 1 N–H and O–H groups in total. The summed E-state index contributed by atoms with van der Waals surface area (Å²) >= 11 is 0. The Morgan fingerprint density at radius 3 is 2.08 bits per heavy atom. The number of hydrogen-bond donors (Lipinski definition) is 1. The Labute approximate surface area is 210 Å². The number of rotatable bonds is 8. The van der Waals surface area contributed by atoms with Crippen molar-refractivity contribution in [1.82, 2.24) is 4.31 Å². The lowest BCUT2D eigenvalue weighted by Crippen LogP contribution is -2.38. The van der Waals surface area contributed by atoms with Crippen molar-refractivity contribution in [2.75, 3.05) is 29.3 Å². The Kier molecular flexibility index (Phi) is 7.43. The Hall–Kier alpha value is -3.28. The van der Waals surface area contributed by atoms with Crippen LogP contribution in [0.15, 0.2) is 82.6 Å². The van der Waals surface area contributed by atoms with Crippen LogP contribution in [0.3, 0.4) is 0 Å². The summed E-state index contributed by atoms with van der Waals surface area (Å²) in [5.41, 5.74) is 0.862. The topological polar surface area (TPSA) is 104 Å². The number of nitrogens with one attached hydrogen (secondary N) is 1. The van der Waals surface area contributed by atoms with Crippen molar-refractivity contribution in [2.24, 2.45) is 0 Å². The van der Waals surface area contributed by atoms with Gasteiger partial charge in [-0.25, -0.2) is 21.2 Å². The van der Waals surface area contributed by atoms with Gasteiger partial charge in [0.15, 0.2) is 0 Å². The Balaban J connectivity index is 1.56. The largest absolute Gasteiger partial charge is 0.325 e. The number of hydrogen-bond acceptors (Lipinski definition) is 5. The zero-order valence-corrected chi connectivity index (χ0v) is 21.2. The molecule has 0 atom stereocenters. The molecular weight excluding hydrogens is 505 g/mol. The summed E-state index contributed by atoms with van der Waals surface area (Å²) in [6.07, 6.45) is 1.63. The molecule has 190 valence electrons. The molecule has 0 radical (unpaired) electrons. The molecule has 0 unspecified atom stereocenters. The standard InChI is InChI=1S/C25H26FN3O5S2/c1-19-8-12-22(13-9-19)36(33,34)29(24-7-3-2-6-23(24)26)18-25(30)27-20-10-14-21(15-11-20)35(31,32)28-16-4-5-17-28/h2-3,6-15H,4-5,16-18H2,1H3,(H,27,30). The fraction of sp³-hybridized carbons (Fsp3) is 0.240. The van der Waals surface area contributed by atoms with Crippen molar-refractivity contribution in [3.05, 3.63) is 84.2 Å². The minimum Gasteiger partial charge on any atom is -0.325 e. The van der Waals surface area contributed by atoms with Crippen LogP contribution < -0.4 is 9.62 Å². The maximum atomic E-state index is 14.6. The van der Waals surface area contributed by atoms with Crippen LogP contribution in [-0.4, -0.2) is 46.7 Å². The van der Waals surface area contributed by atoms with Gasteiger partial charge in [0.25, 0.3) is 10.0 Å². The van der Waals surface area contributed by atoms with Crippen LogP contribution in [0.4, 0.5) is 15.8 Å². The molecule has 3 aromatic rings. The van der Waals surface area contributed by atoms with E-state index in [4.69, 9.17) is 0 Å². The van der Waals surface area contributed by atoms with Crippen LogP contribution in [0.25, 0.3) is 0 Å². The Morgan fingerprint density at radius 2 is 1.47 bits per heavy atom. The first-order valence-electron chi connectivity index (χ1n) is 11.3. The van der Waals surface area contributed by atoms with Crippen molar-refractivity contribution in [1.29, 1.82) is 0 Å². The quantitative estimate of drug-likeness (QED) is 0.477. The molecule has 1 fully saturated rings. The smallest absolute Gasteiger partial charge is 0.264 e. The normalized spacial score (nSPS) is 14.5. The number of halogens is 1. The molecule has 36 heavy (non-hydrogen) atoms. The van der Waals surface area contributed by atoms with Crippen molar-refractivity contribution in [3.63, 3.8) is 0 Å². The molecule has 1 amide bonds. The summed E-state index contributed by atoms with van der Waals surface area (Å²) in [4.78, 5) is 12.9. The minimum atomic E-state index is -4.27. The fourth-order valence-electron chi connectivity index (χ4n) is 3.91. The zero-order valence-electron chi connectivity index (χ0n) is 19.6. The SMILES string of the molecule is Cc1ccc(S(=O)(=O)N(CC(=O)Nc2ccc(S(=O)(=O)N3CCCC3)cc2)c2ccccc2F)cc1. The van der Waals surface area contributed by atoms with E-state index in [1.54, 1.807) is 19.1 Å². The first kappa shape index (κ1) is 25.8. The predicted molar refractivity (Wildman–Crippen MR) is 135 cm³/mol. The van der Waals surface area contributed by atoms with Crippen LogP contribution >= 0.6 is 0 Å². The molecule has 11 heteroatoms. The molecule has 0 spiro atoms. The number of amides is 1. The molecule has 0 aromatic heterocycles. The van der Waals surface area contributed by atoms with Gasteiger partial charge in [-0.05, 0) is 68.3 Å².